The van der Waals surface area contributed by atoms with Crippen molar-refractivity contribution in [1.29, 1.82) is 0 Å². The molecule has 2 aliphatic rings. The monoisotopic (exact) mass is 328 g/mol. The average molecular weight is 328 g/mol. The molecule has 2 saturated heterocycles. The maximum absolute atomic E-state index is 13.1. The lowest BCUT2D eigenvalue weighted by Gasteiger charge is -2.38. The fraction of sp³-hybridized carbons (Fsp3) is 0.471. The van der Waals surface area contributed by atoms with Crippen LogP contribution < -0.4 is 0 Å². The maximum Gasteiger partial charge on any atom is 0.255 e. The standard InChI is InChI=1S/C17H20N4OS/c1-23-16-5-3-2-4-15(16)17(22)20-12-6-7-13(20)11-14(10-12)21-18-8-9-19-21/h2-5,8-9,12-14H,6-7,10-11H2,1H3. The van der Waals surface area contributed by atoms with E-state index in [9.17, 15) is 4.79 Å². The number of hydrogen-bond donors (Lipinski definition) is 0. The molecule has 0 N–H and O–H groups in total. The summed E-state index contributed by atoms with van der Waals surface area (Å²) >= 11 is 1.64. The fourth-order valence-corrected chi connectivity index (χ4v) is 4.63. The number of aromatic nitrogens is 3. The number of benzene rings is 1. The Hall–Kier alpha value is -1.82. The van der Waals surface area contributed by atoms with Gasteiger partial charge in [0.1, 0.15) is 0 Å². The highest BCUT2D eigenvalue weighted by atomic mass is 32.2. The Kier molecular flexibility index (Phi) is 3.85. The quantitative estimate of drug-likeness (QED) is 0.813. The van der Waals surface area contributed by atoms with Gasteiger partial charge in [-0.15, -0.1) is 11.8 Å². The summed E-state index contributed by atoms with van der Waals surface area (Å²) in [6.07, 6.45) is 9.58. The minimum Gasteiger partial charge on any atom is -0.332 e. The number of hydrogen-bond acceptors (Lipinski definition) is 4. The lowest BCUT2D eigenvalue weighted by atomic mass is 9.96. The van der Waals surface area contributed by atoms with Gasteiger partial charge in [0.05, 0.1) is 24.0 Å². The molecule has 0 spiro atoms. The Morgan fingerprint density at radius 3 is 2.39 bits per heavy atom. The molecule has 4 rings (SSSR count). The predicted molar refractivity (Wildman–Crippen MR) is 89.5 cm³/mol. The van der Waals surface area contributed by atoms with Crippen LogP contribution in [0.3, 0.4) is 0 Å². The number of rotatable bonds is 3. The molecule has 6 heteroatoms. The number of amides is 1. The zero-order valence-corrected chi connectivity index (χ0v) is 13.9. The predicted octanol–water partition coefficient (Wildman–Crippen LogP) is 3.01. The maximum atomic E-state index is 13.1. The number of fused-ring (bicyclic) bond motifs is 2. The first kappa shape index (κ1) is 14.8. The topological polar surface area (TPSA) is 51.0 Å². The molecule has 23 heavy (non-hydrogen) atoms. The second-order valence-corrected chi connectivity index (χ2v) is 7.12. The molecule has 0 aliphatic carbocycles. The van der Waals surface area contributed by atoms with Gasteiger partial charge in [0.2, 0.25) is 0 Å². The SMILES string of the molecule is CSc1ccccc1C(=O)N1C2CCC1CC(n1nccn1)C2. The molecular weight excluding hydrogens is 308 g/mol. The zero-order chi connectivity index (χ0) is 15.8. The molecule has 2 aliphatic heterocycles. The van der Waals surface area contributed by atoms with Crippen LogP contribution in [-0.4, -0.2) is 44.1 Å². The minimum atomic E-state index is 0.189. The van der Waals surface area contributed by atoms with Crippen LogP contribution in [0.25, 0.3) is 0 Å². The Balaban J connectivity index is 1.58. The molecule has 1 aromatic carbocycles. The Morgan fingerprint density at radius 2 is 1.74 bits per heavy atom. The van der Waals surface area contributed by atoms with Crippen molar-refractivity contribution in [2.24, 2.45) is 0 Å². The second-order valence-electron chi connectivity index (χ2n) is 6.27. The number of thioether (sulfide) groups is 1. The van der Waals surface area contributed by atoms with Crippen molar-refractivity contribution >= 4 is 17.7 Å². The van der Waals surface area contributed by atoms with Gasteiger partial charge in [-0.05, 0) is 44.1 Å². The summed E-state index contributed by atoms with van der Waals surface area (Å²) in [5, 5.41) is 8.58. The van der Waals surface area contributed by atoms with Crippen LogP contribution in [0.2, 0.25) is 0 Å². The summed E-state index contributed by atoms with van der Waals surface area (Å²) in [5.74, 6) is 0.189. The molecule has 2 aromatic rings. The number of piperidine rings is 1. The van der Waals surface area contributed by atoms with Gasteiger partial charge >= 0.3 is 0 Å². The summed E-state index contributed by atoms with van der Waals surface area (Å²) in [5.41, 5.74) is 0.840. The van der Waals surface area contributed by atoms with E-state index in [0.717, 1.165) is 36.1 Å². The van der Waals surface area contributed by atoms with Gasteiger partial charge in [0, 0.05) is 17.0 Å². The van der Waals surface area contributed by atoms with Gasteiger partial charge < -0.3 is 4.90 Å². The summed E-state index contributed by atoms with van der Waals surface area (Å²) in [4.78, 5) is 18.1. The van der Waals surface area contributed by atoms with Crippen molar-refractivity contribution in [2.75, 3.05) is 6.26 Å². The zero-order valence-electron chi connectivity index (χ0n) is 13.1. The summed E-state index contributed by atoms with van der Waals surface area (Å²) in [6.45, 7) is 0. The molecular formula is C17H20N4OS. The van der Waals surface area contributed by atoms with Crippen molar-refractivity contribution in [3.05, 3.63) is 42.2 Å². The van der Waals surface area contributed by atoms with Crippen LogP contribution in [0.15, 0.2) is 41.6 Å². The van der Waals surface area contributed by atoms with Crippen LogP contribution in [0.5, 0.6) is 0 Å². The Labute approximate surface area is 140 Å². The van der Waals surface area contributed by atoms with Crippen molar-refractivity contribution in [3.63, 3.8) is 0 Å². The van der Waals surface area contributed by atoms with E-state index >= 15 is 0 Å². The molecule has 1 aromatic heterocycles. The number of carbonyl (C=O) groups excluding carboxylic acids is 1. The number of carbonyl (C=O) groups is 1. The first-order valence-electron chi connectivity index (χ1n) is 8.09. The lowest BCUT2D eigenvalue weighted by molar-refractivity contribution is 0.0508. The fourth-order valence-electron chi connectivity index (χ4n) is 4.04. The molecule has 120 valence electrons. The smallest absolute Gasteiger partial charge is 0.255 e. The van der Waals surface area contributed by atoms with E-state index in [-0.39, 0.29) is 5.91 Å². The second kappa shape index (κ2) is 6.00. The van der Waals surface area contributed by atoms with Gasteiger partial charge in [0.25, 0.3) is 5.91 Å². The van der Waals surface area contributed by atoms with E-state index < -0.39 is 0 Å². The van der Waals surface area contributed by atoms with Crippen molar-refractivity contribution in [1.82, 2.24) is 19.9 Å². The third-order valence-corrected chi connectivity index (χ3v) is 5.84. The first-order chi connectivity index (χ1) is 11.3. The molecule has 2 atom stereocenters. The van der Waals surface area contributed by atoms with Crippen LogP contribution in [-0.2, 0) is 0 Å². The molecule has 5 nitrogen and oxygen atoms in total. The van der Waals surface area contributed by atoms with Crippen LogP contribution in [0, 0.1) is 0 Å². The van der Waals surface area contributed by atoms with E-state index in [1.54, 1.807) is 24.2 Å². The van der Waals surface area contributed by atoms with E-state index in [4.69, 9.17) is 0 Å². The average Bonchev–Trinajstić information content (AvgIpc) is 3.21. The molecule has 0 radical (unpaired) electrons. The van der Waals surface area contributed by atoms with Crippen molar-refractivity contribution in [2.45, 2.75) is 48.7 Å². The highest BCUT2D eigenvalue weighted by Crippen LogP contribution is 2.41. The number of nitrogens with zero attached hydrogens (tertiary/aromatic N) is 4. The van der Waals surface area contributed by atoms with Crippen LogP contribution in [0.4, 0.5) is 0 Å². The Bertz CT molecular complexity index is 688. The summed E-state index contributed by atoms with van der Waals surface area (Å²) < 4.78 is 0. The molecule has 2 bridgehead atoms. The van der Waals surface area contributed by atoms with Crippen molar-refractivity contribution < 1.29 is 4.79 Å². The third-order valence-electron chi connectivity index (χ3n) is 5.04. The largest absolute Gasteiger partial charge is 0.332 e. The van der Waals surface area contributed by atoms with E-state index in [0.29, 0.717) is 18.1 Å². The van der Waals surface area contributed by atoms with E-state index in [1.165, 1.54) is 0 Å². The highest BCUT2D eigenvalue weighted by Gasteiger charge is 2.44. The van der Waals surface area contributed by atoms with Crippen molar-refractivity contribution in [3.8, 4) is 0 Å². The van der Waals surface area contributed by atoms with Gasteiger partial charge in [-0.25, -0.2) is 0 Å². The lowest BCUT2D eigenvalue weighted by Crippen LogP contribution is -2.47. The Morgan fingerprint density at radius 1 is 1.09 bits per heavy atom. The third kappa shape index (κ3) is 2.55. The molecule has 1 amide bonds. The van der Waals surface area contributed by atoms with Gasteiger partial charge in [-0.3, -0.25) is 4.79 Å². The summed E-state index contributed by atoms with van der Waals surface area (Å²) in [6, 6.07) is 8.87. The van der Waals surface area contributed by atoms with Gasteiger partial charge in [0.15, 0.2) is 0 Å². The first-order valence-corrected chi connectivity index (χ1v) is 9.32. The molecule has 0 saturated carbocycles. The van der Waals surface area contributed by atoms with E-state index in [1.807, 2.05) is 35.3 Å². The normalized spacial score (nSPS) is 26.5. The molecule has 3 heterocycles. The van der Waals surface area contributed by atoms with E-state index in [2.05, 4.69) is 15.1 Å². The van der Waals surface area contributed by atoms with Gasteiger partial charge in [-0.2, -0.15) is 15.0 Å². The van der Waals surface area contributed by atoms with Gasteiger partial charge in [-0.1, -0.05) is 12.1 Å². The highest BCUT2D eigenvalue weighted by molar-refractivity contribution is 7.98. The molecule has 2 fully saturated rings. The minimum absolute atomic E-state index is 0.189. The summed E-state index contributed by atoms with van der Waals surface area (Å²) in [7, 11) is 0. The van der Waals surface area contributed by atoms with Crippen LogP contribution in [0.1, 0.15) is 42.1 Å². The van der Waals surface area contributed by atoms with Crippen LogP contribution >= 0.6 is 11.8 Å². The molecule has 2 unspecified atom stereocenters.